The smallest absolute Gasteiger partial charge is 0.345 e. The molecule has 0 amide bonds. The van der Waals surface area contributed by atoms with Gasteiger partial charge in [0.05, 0.1) is 19.0 Å². The largest absolute Gasteiger partial charge is 0.482 e. The van der Waals surface area contributed by atoms with Gasteiger partial charge in [-0.3, -0.25) is 18.8 Å². The number of aliphatic hydroxyl groups is 1. The Morgan fingerprint density at radius 3 is 2.42 bits per heavy atom. The van der Waals surface area contributed by atoms with Gasteiger partial charge in [0.15, 0.2) is 0 Å². The van der Waals surface area contributed by atoms with Gasteiger partial charge in [0.25, 0.3) is 10.1 Å². The molecule has 3 aliphatic rings. The van der Waals surface area contributed by atoms with E-state index in [9.17, 15) is 27.9 Å². The average Bonchev–Trinajstić information content (AvgIpc) is 2.91. The molecule has 234 valence electrons. The van der Waals surface area contributed by atoms with Gasteiger partial charge in [0, 0.05) is 49.2 Å². The van der Waals surface area contributed by atoms with Crippen LogP contribution in [-0.2, 0) is 33.4 Å². The first kappa shape index (κ1) is 31.1. The lowest BCUT2D eigenvalue weighted by Crippen LogP contribution is -2.71. The molecule has 2 saturated carbocycles. The van der Waals surface area contributed by atoms with Crippen molar-refractivity contribution in [1.82, 2.24) is 4.98 Å². The molecular weight excluding hydrogens is 582 g/mol. The normalized spacial score (nSPS) is 35.0. The van der Waals surface area contributed by atoms with E-state index in [0.29, 0.717) is 12.0 Å². The zero-order valence-electron chi connectivity index (χ0n) is 25.0. The number of aliphatic hydroxyl groups excluding tert-OH is 1. The molecule has 1 N–H and O–H groups in total. The summed E-state index contributed by atoms with van der Waals surface area (Å²) in [5, 5.41) is 12.1. The van der Waals surface area contributed by atoms with Crippen LogP contribution in [0.25, 0.3) is 11.3 Å². The van der Waals surface area contributed by atoms with Crippen LogP contribution in [0.4, 0.5) is 0 Å². The highest BCUT2D eigenvalue weighted by Gasteiger charge is 2.71. The Labute approximate surface area is 249 Å². The van der Waals surface area contributed by atoms with E-state index in [-0.39, 0.29) is 29.9 Å². The van der Waals surface area contributed by atoms with E-state index in [1.165, 1.54) is 26.1 Å². The van der Waals surface area contributed by atoms with E-state index in [0.717, 1.165) is 7.11 Å². The number of nitrogens with zero attached hydrogens (tertiary/aromatic N) is 1. The molecule has 13 heteroatoms. The van der Waals surface area contributed by atoms with Crippen LogP contribution >= 0.6 is 0 Å². The van der Waals surface area contributed by atoms with Crippen molar-refractivity contribution in [2.45, 2.75) is 77.8 Å². The van der Waals surface area contributed by atoms with Crippen molar-refractivity contribution in [2.75, 3.05) is 12.9 Å². The summed E-state index contributed by atoms with van der Waals surface area (Å²) in [6, 6.07) is 4.92. The van der Waals surface area contributed by atoms with Crippen molar-refractivity contribution in [3.8, 4) is 17.1 Å². The number of fused-ring (bicyclic) bond motifs is 4. The molecule has 0 spiro atoms. The average molecular weight is 620 g/mol. The van der Waals surface area contributed by atoms with Crippen molar-refractivity contribution in [1.29, 1.82) is 0 Å². The maximum atomic E-state index is 13.4. The van der Waals surface area contributed by atoms with Gasteiger partial charge in [-0.2, -0.15) is 8.42 Å². The van der Waals surface area contributed by atoms with E-state index >= 15 is 0 Å². The van der Waals surface area contributed by atoms with Gasteiger partial charge in [0.2, 0.25) is 0 Å². The third-order valence-corrected chi connectivity index (χ3v) is 11.4. The maximum Gasteiger partial charge on any atom is 0.345 e. The summed E-state index contributed by atoms with van der Waals surface area (Å²) in [5.41, 5.74) is -3.78. The second kappa shape index (κ2) is 10.7. The predicted molar refractivity (Wildman–Crippen MR) is 151 cm³/mol. The van der Waals surface area contributed by atoms with E-state index in [2.05, 4.69) is 4.98 Å². The van der Waals surface area contributed by atoms with Crippen LogP contribution in [0.1, 0.15) is 65.5 Å². The van der Waals surface area contributed by atoms with Crippen molar-refractivity contribution in [2.24, 2.45) is 22.7 Å². The molecule has 1 aliphatic heterocycles. The van der Waals surface area contributed by atoms with Gasteiger partial charge >= 0.3 is 17.6 Å². The van der Waals surface area contributed by atoms with Gasteiger partial charge in [-0.05, 0) is 49.7 Å². The summed E-state index contributed by atoms with van der Waals surface area (Å²) >= 11 is 0. The minimum Gasteiger partial charge on any atom is -0.482 e. The number of hydrogen-bond acceptors (Lipinski definition) is 12. The molecule has 0 saturated heterocycles. The van der Waals surface area contributed by atoms with Crippen LogP contribution in [-0.4, -0.2) is 61.1 Å². The number of aromatic nitrogens is 1. The maximum absolute atomic E-state index is 13.4. The lowest BCUT2D eigenvalue weighted by molar-refractivity contribution is -0.263. The fraction of sp³-hybridized carbons (Fsp3) is 0.600. The summed E-state index contributed by atoms with van der Waals surface area (Å²) < 4.78 is 54.5. The number of ether oxygens (including phenoxy) is 3. The van der Waals surface area contributed by atoms with Gasteiger partial charge in [-0.15, -0.1) is 0 Å². The fourth-order valence-corrected chi connectivity index (χ4v) is 9.49. The van der Waals surface area contributed by atoms with E-state index < -0.39 is 80.0 Å². The fourth-order valence-electron chi connectivity index (χ4n) is 8.22. The van der Waals surface area contributed by atoms with E-state index in [1.807, 2.05) is 6.92 Å². The van der Waals surface area contributed by atoms with Crippen molar-refractivity contribution in [3.05, 3.63) is 46.6 Å². The molecule has 3 heterocycles. The molecule has 43 heavy (non-hydrogen) atoms. The molecule has 2 aromatic rings. The first-order chi connectivity index (χ1) is 20.1. The van der Waals surface area contributed by atoms with Gasteiger partial charge < -0.3 is 23.7 Å². The Bertz CT molecular complexity index is 1590. The minimum absolute atomic E-state index is 0.0770. The van der Waals surface area contributed by atoms with Gasteiger partial charge in [-0.1, -0.05) is 13.8 Å². The third-order valence-electron chi connectivity index (χ3n) is 9.89. The summed E-state index contributed by atoms with van der Waals surface area (Å²) in [6.45, 7) is 7.87. The number of carbonyl (C=O) groups excluding carboxylic acids is 2. The first-order valence-electron chi connectivity index (χ1n) is 14.1. The Morgan fingerprint density at radius 2 is 1.81 bits per heavy atom. The molecular formula is C30H37NO11S. The minimum atomic E-state index is -4.07. The van der Waals surface area contributed by atoms with Crippen molar-refractivity contribution < 1.29 is 45.9 Å². The zero-order chi connectivity index (χ0) is 31.5. The van der Waals surface area contributed by atoms with Crippen LogP contribution in [0.3, 0.4) is 0 Å². The second-order valence-electron chi connectivity index (χ2n) is 12.5. The zero-order valence-corrected chi connectivity index (χ0v) is 25.8. The second-order valence-corrected chi connectivity index (χ2v) is 14.3. The summed E-state index contributed by atoms with van der Waals surface area (Å²) in [7, 11) is -3.01. The lowest BCUT2D eigenvalue weighted by Gasteiger charge is -2.66. The predicted octanol–water partition coefficient (Wildman–Crippen LogP) is 3.17. The summed E-state index contributed by atoms with van der Waals surface area (Å²) in [6.07, 6.45) is 0.709. The molecule has 2 aliphatic carbocycles. The van der Waals surface area contributed by atoms with Crippen molar-refractivity contribution >= 4 is 22.1 Å². The quantitative estimate of drug-likeness (QED) is 0.371. The highest BCUT2D eigenvalue weighted by atomic mass is 32.2. The number of hydrogen-bond donors (Lipinski definition) is 1. The first-order valence-corrected chi connectivity index (χ1v) is 15.7. The molecule has 8 atom stereocenters. The Balaban J connectivity index is 1.69. The highest BCUT2D eigenvalue weighted by molar-refractivity contribution is 7.86. The number of carbonyl (C=O) groups is 2. The monoisotopic (exact) mass is 619 g/mol. The molecule has 12 nitrogen and oxygen atoms in total. The SMILES string of the molecule is COS(=O)(=O)C[C@@]1(C)[C@@H]2C[C@H](OC(C)=O)[C@@]3(C)Oc4cc(-c5cccnc5)oc(=O)c4[C@H](O)[C@@H]3[C@@]2(C)CC[C@@H]1OC(C)=O. The summed E-state index contributed by atoms with van der Waals surface area (Å²) in [5.74, 6) is -2.82. The Hall–Kier alpha value is -3.29. The number of rotatable bonds is 6. The van der Waals surface area contributed by atoms with Gasteiger partial charge in [-0.25, -0.2) is 4.79 Å². The Kier molecular flexibility index (Phi) is 7.75. The number of pyridine rings is 1. The van der Waals surface area contributed by atoms with Crippen LogP contribution < -0.4 is 10.4 Å². The van der Waals surface area contributed by atoms with Gasteiger partial charge in [0.1, 0.15) is 34.9 Å². The van der Waals surface area contributed by atoms with Crippen LogP contribution in [0.5, 0.6) is 5.75 Å². The number of esters is 2. The third kappa shape index (κ3) is 5.14. The summed E-state index contributed by atoms with van der Waals surface area (Å²) in [4.78, 5) is 42.1. The molecule has 5 rings (SSSR count). The molecule has 0 radical (unpaired) electrons. The highest BCUT2D eigenvalue weighted by Crippen LogP contribution is 2.67. The molecule has 0 bridgehead atoms. The molecule has 2 aromatic heterocycles. The van der Waals surface area contributed by atoms with Crippen LogP contribution in [0.2, 0.25) is 0 Å². The standard InChI is InChI=1S/C30H37NO11S/c1-16(32)39-22-9-10-28(3)21(29(22,4)15-43(36,37)38-6)13-23(40-17(2)33)30(5)26(28)25(34)24-20(42-30)12-19(41-27(24)35)18-8-7-11-31-14-18/h7-8,11-12,14,21-23,25-26,34H,9-10,13,15H2,1-6H3/t21-,22+,23+,25+,26-,28+,29+,30-/m1/s1. The molecule has 0 aromatic carbocycles. The van der Waals surface area contributed by atoms with Crippen LogP contribution in [0, 0.1) is 22.7 Å². The van der Waals surface area contributed by atoms with Crippen LogP contribution in [0.15, 0.2) is 39.8 Å². The topological polar surface area (TPSA) is 169 Å². The molecule has 2 fully saturated rings. The van der Waals surface area contributed by atoms with Crippen molar-refractivity contribution in [3.63, 3.8) is 0 Å². The lowest BCUT2D eigenvalue weighted by atomic mass is 9.43. The van der Waals surface area contributed by atoms with E-state index in [1.54, 1.807) is 32.2 Å². The molecule has 0 unspecified atom stereocenters. The Morgan fingerprint density at radius 1 is 1.14 bits per heavy atom. The van der Waals surface area contributed by atoms with E-state index in [4.69, 9.17) is 22.8 Å².